The summed E-state index contributed by atoms with van der Waals surface area (Å²) in [5, 5.41) is 11.4. The largest absolute Gasteiger partial charge is 0.481 e. The van der Waals surface area contributed by atoms with E-state index < -0.39 is 5.97 Å². The smallest absolute Gasteiger partial charge is 0.305 e. The van der Waals surface area contributed by atoms with Crippen LogP contribution < -0.4 is 5.32 Å². The Kier molecular flexibility index (Phi) is 4.76. The molecule has 2 N–H and O–H groups in total. The van der Waals surface area contributed by atoms with Crippen molar-refractivity contribution in [2.24, 2.45) is 0 Å². The minimum Gasteiger partial charge on any atom is -0.481 e. The molecule has 4 nitrogen and oxygen atoms in total. The van der Waals surface area contributed by atoms with Crippen LogP contribution in [0.2, 0.25) is 5.02 Å². The maximum atomic E-state index is 11.5. The summed E-state index contributed by atoms with van der Waals surface area (Å²) in [6, 6.07) is 4.75. The molecule has 0 aliphatic heterocycles. The highest BCUT2D eigenvalue weighted by atomic mass is 79.9. The summed E-state index contributed by atoms with van der Waals surface area (Å²) >= 11 is 8.97. The number of hydrogen-bond donors (Lipinski definition) is 2. The Hall–Kier alpha value is -1.07. The molecule has 0 heterocycles. The minimum atomic E-state index is -0.947. The molecule has 0 spiro atoms. The monoisotopic (exact) mass is 305 g/mol. The van der Waals surface area contributed by atoms with Gasteiger partial charge < -0.3 is 10.4 Å². The van der Waals surface area contributed by atoms with E-state index in [1.807, 2.05) is 0 Å². The molecule has 0 fully saturated rings. The second-order valence-corrected chi connectivity index (χ2v) is 4.29. The number of carbonyl (C=O) groups is 2. The van der Waals surface area contributed by atoms with E-state index in [0.29, 0.717) is 15.1 Å². The highest BCUT2D eigenvalue weighted by molar-refractivity contribution is 9.10. The number of carboxylic acid groups (broad SMARTS) is 1. The SMILES string of the molecule is O=C(O)CCNC(=O)c1ccc(Cl)c(Br)c1. The van der Waals surface area contributed by atoms with Gasteiger partial charge in [-0.25, -0.2) is 0 Å². The first-order valence-electron chi connectivity index (χ1n) is 4.45. The lowest BCUT2D eigenvalue weighted by Crippen LogP contribution is -2.25. The Labute approximate surface area is 106 Å². The zero-order chi connectivity index (χ0) is 12.1. The molecule has 0 saturated heterocycles. The van der Waals surface area contributed by atoms with Crippen molar-refractivity contribution >= 4 is 39.4 Å². The molecule has 0 atom stereocenters. The summed E-state index contributed by atoms with van der Waals surface area (Å²) in [7, 11) is 0. The molecular weight excluding hydrogens is 297 g/mol. The lowest BCUT2D eigenvalue weighted by atomic mass is 10.2. The quantitative estimate of drug-likeness (QED) is 0.897. The average molecular weight is 307 g/mol. The third kappa shape index (κ3) is 3.83. The number of carboxylic acids is 1. The van der Waals surface area contributed by atoms with Gasteiger partial charge in [-0.3, -0.25) is 9.59 Å². The fourth-order valence-corrected chi connectivity index (χ4v) is 1.52. The van der Waals surface area contributed by atoms with Gasteiger partial charge in [0.25, 0.3) is 5.91 Å². The van der Waals surface area contributed by atoms with Crippen molar-refractivity contribution in [2.75, 3.05) is 6.54 Å². The van der Waals surface area contributed by atoms with Gasteiger partial charge in [-0.15, -0.1) is 0 Å². The van der Waals surface area contributed by atoms with Gasteiger partial charge >= 0.3 is 5.97 Å². The number of nitrogens with one attached hydrogen (secondary N) is 1. The highest BCUT2D eigenvalue weighted by Crippen LogP contribution is 2.23. The Morgan fingerprint density at radius 1 is 1.44 bits per heavy atom. The normalized spacial score (nSPS) is 9.88. The first kappa shape index (κ1) is 13.0. The maximum absolute atomic E-state index is 11.5. The van der Waals surface area contributed by atoms with Gasteiger partial charge in [-0.1, -0.05) is 11.6 Å². The van der Waals surface area contributed by atoms with Crippen molar-refractivity contribution in [3.8, 4) is 0 Å². The predicted octanol–water partition coefficient (Wildman–Crippen LogP) is 2.31. The zero-order valence-corrected chi connectivity index (χ0v) is 10.5. The minimum absolute atomic E-state index is 0.0967. The van der Waals surface area contributed by atoms with Crippen LogP contribution in [-0.2, 0) is 4.79 Å². The van der Waals surface area contributed by atoms with Crippen molar-refractivity contribution in [3.05, 3.63) is 33.3 Å². The van der Waals surface area contributed by atoms with Crippen LogP contribution in [0.3, 0.4) is 0 Å². The van der Waals surface area contributed by atoms with Gasteiger partial charge in [-0.05, 0) is 34.1 Å². The van der Waals surface area contributed by atoms with Crippen LogP contribution in [0.15, 0.2) is 22.7 Å². The number of carbonyl (C=O) groups excluding carboxylic acids is 1. The van der Waals surface area contributed by atoms with E-state index in [0.717, 1.165) is 0 Å². The van der Waals surface area contributed by atoms with E-state index in [2.05, 4.69) is 21.2 Å². The van der Waals surface area contributed by atoms with E-state index in [1.54, 1.807) is 18.2 Å². The molecule has 1 amide bonds. The summed E-state index contributed by atoms with van der Waals surface area (Å²) in [5.74, 6) is -1.27. The molecule has 6 heteroatoms. The van der Waals surface area contributed by atoms with Crippen LogP contribution in [-0.4, -0.2) is 23.5 Å². The summed E-state index contributed by atoms with van der Waals surface area (Å²) < 4.78 is 0.625. The Bertz CT molecular complexity index is 423. The first-order valence-corrected chi connectivity index (χ1v) is 5.63. The van der Waals surface area contributed by atoms with Crippen LogP contribution >= 0.6 is 27.5 Å². The van der Waals surface area contributed by atoms with Crippen LogP contribution in [0.1, 0.15) is 16.8 Å². The van der Waals surface area contributed by atoms with Crippen LogP contribution in [0.25, 0.3) is 0 Å². The van der Waals surface area contributed by atoms with Gasteiger partial charge in [0.15, 0.2) is 0 Å². The van der Waals surface area contributed by atoms with E-state index in [1.165, 1.54) is 0 Å². The lowest BCUT2D eigenvalue weighted by Gasteiger charge is -2.04. The molecule has 0 radical (unpaired) electrons. The first-order chi connectivity index (χ1) is 7.50. The van der Waals surface area contributed by atoms with Gasteiger partial charge in [0.05, 0.1) is 11.4 Å². The molecule has 0 aliphatic rings. The van der Waals surface area contributed by atoms with Crippen molar-refractivity contribution in [1.82, 2.24) is 5.32 Å². The number of benzene rings is 1. The number of aliphatic carboxylic acids is 1. The van der Waals surface area contributed by atoms with Crippen LogP contribution in [0.4, 0.5) is 0 Å². The van der Waals surface area contributed by atoms with Crippen LogP contribution in [0, 0.1) is 0 Å². The average Bonchev–Trinajstić information content (AvgIpc) is 2.21. The number of amides is 1. The summed E-state index contributed by atoms with van der Waals surface area (Å²) in [5.41, 5.74) is 0.432. The van der Waals surface area contributed by atoms with Gasteiger partial charge in [0.2, 0.25) is 0 Å². The molecule has 16 heavy (non-hydrogen) atoms. The standard InChI is InChI=1S/C10H9BrClNO3/c11-7-5-6(1-2-8(7)12)10(16)13-4-3-9(14)15/h1-2,5H,3-4H2,(H,13,16)(H,14,15). The molecule has 0 aliphatic carbocycles. The van der Waals surface area contributed by atoms with Crippen molar-refractivity contribution < 1.29 is 14.7 Å². The molecular formula is C10H9BrClNO3. The van der Waals surface area contributed by atoms with Crippen molar-refractivity contribution in [3.63, 3.8) is 0 Å². The van der Waals surface area contributed by atoms with Gasteiger partial charge in [0.1, 0.15) is 0 Å². The van der Waals surface area contributed by atoms with Gasteiger partial charge in [-0.2, -0.15) is 0 Å². The molecule has 1 aromatic carbocycles. The molecule has 1 aromatic rings. The molecule has 0 saturated carbocycles. The molecule has 86 valence electrons. The number of halogens is 2. The van der Waals surface area contributed by atoms with Gasteiger partial charge in [0, 0.05) is 16.6 Å². The maximum Gasteiger partial charge on any atom is 0.305 e. The molecule has 1 rings (SSSR count). The molecule has 0 bridgehead atoms. The summed E-state index contributed by atoms with van der Waals surface area (Å²) in [6.45, 7) is 0.106. The fraction of sp³-hybridized carbons (Fsp3) is 0.200. The third-order valence-electron chi connectivity index (χ3n) is 1.81. The van der Waals surface area contributed by atoms with E-state index in [-0.39, 0.29) is 18.9 Å². The van der Waals surface area contributed by atoms with E-state index in [4.69, 9.17) is 16.7 Å². The molecule has 0 aromatic heterocycles. The summed E-state index contributed by atoms with van der Waals surface area (Å²) in [6.07, 6.45) is -0.0967. The second kappa shape index (κ2) is 5.86. The number of rotatable bonds is 4. The lowest BCUT2D eigenvalue weighted by molar-refractivity contribution is -0.136. The molecule has 0 unspecified atom stereocenters. The fourth-order valence-electron chi connectivity index (χ4n) is 1.02. The zero-order valence-electron chi connectivity index (χ0n) is 8.17. The Morgan fingerprint density at radius 3 is 2.69 bits per heavy atom. The summed E-state index contributed by atoms with van der Waals surface area (Å²) in [4.78, 5) is 21.8. The second-order valence-electron chi connectivity index (χ2n) is 3.03. The predicted molar refractivity (Wildman–Crippen MR) is 63.7 cm³/mol. The van der Waals surface area contributed by atoms with Crippen LogP contribution in [0.5, 0.6) is 0 Å². The van der Waals surface area contributed by atoms with E-state index in [9.17, 15) is 9.59 Å². The Morgan fingerprint density at radius 2 is 2.12 bits per heavy atom. The van der Waals surface area contributed by atoms with Crippen molar-refractivity contribution in [1.29, 1.82) is 0 Å². The van der Waals surface area contributed by atoms with E-state index >= 15 is 0 Å². The topological polar surface area (TPSA) is 66.4 Å². The van der Waals surface area contributed by atoms with Crippen molar-refractivity contribution in [2.45, 2.75) is 6.42 Å². The number of hydrogen-bond acceptors (Lipinski definition) is 2. The third-order valence-corrected chi connectivity index (χ3v) is 3.02. The Balaban J connectivity index is 2.59. The highest BCUT2D eigenvalue weighted by Gasteiger charge is 2.07.